The Morgan fingerprint density at radius 3 is 2.52 bits per heavy atom. The first-order valence-electron chi connectivity index (χ1n) is 7.25. The van der Waals surface area contributed by atoms with Crippen LogP contribution in [0.2, 0.25) is 0 Å². The Kier molecular flexibility index (Phi) is 5.90. The number of hydrogen-bond acceptors (Lipinski definition) is 3. The summed E-state index contributed by atoms with van der Waals surface area (Å²) in [6.07, 6.45) is -3.18. The molecule has 0 aromatic carbocycles. The number of rotatable bonds is 3. The predicted octanol–water partition coefficient (Wildman–Crippen LogP) is 3.17. The lowest BCUT2D eigenvalue weighted by atomic mass is 9.91. The smallest absolute Gasteiger partial charge is 0.407 e. The van der Waals surface area contributed by atoms with Crippen LogP contribution in [0.5, 0.6) is 0 Å². The van der Waals surface area contributed by atoms with E-state index < -0.39 is 24.4 Å². The average molecular weight is 310 g/mol. The van der Waals surface area contributed by atoms with Crippen LogP contribution in [-0.2, 0) is 4.74 Å². The van der Waals surface area contributed by atoms with Crippen molar-refractivity contribution in [2.45, 2.75) is 58.4 Å². The van der Waals surface area contributed by atoms with Crippen molar-refractivity contribution in [3.8, 4) is 0 Å². The van der Waals surface area contributed by atoms with Gasteiger partial charge in [-0.3, -0.25) is 4.90 Å². The number of halogens is 3. The molecule has 0 unspecified atom stereocenters. The van der Waals surface area contributed by atoms with Crippen molar-refractivity contribution >= 4 is 6.09 Å². The number of alkyl halides is 3. The number of alkyl carbamates (subject to hydrolysis) is 1. The lowest BCUT2D eigenvalue weighted by Gasteiger charge is -2.36. The maximum atomic E-state index is 12.4. The zero-order valence-electron chi connectivity index (χ0n) is 13.1. The van der Waals surface area contributed by atoms with Gasteiger partial charge in [0.25, 0.3) is 0 Å². The van der Waals surface area contributed by atoms with Crippen LogP contribution < -0.4 is 5.32 Å². The summed E-state index contributed by atoms with van der Waals surface area (Å²) in [5.74, 6) is 0.00798. The molecule has 4 nitrogen and oxygen atoms in total. The largest absolute Gasteiger partial charge is 0.444 e. The van der Waals surface area contributed by atoms with Crippen molar-refractivity contribution < 1.29 is 22.7 Å². The van der Waals surface area contributed by atoms with Crippen molar-refractivity contribution in [3.05, 3.63) is 0 Å². The van der Waals surface area contributed by atoms with E-state index >= 15 is 0 Å². The van der Waals surface area contributed by atoms with Gasteiger partial charge >= 0.3 is 12.3 Å². The normalized spacial score (nSPS) is 22.7. The van der Waals surface area contributed by atoms with Gasteiger partial charge in [0, 0.05) is 12.6 Å². The fourth-order valence-corrected chi connectivity index (χ4v) is 2.51. The third kappa shape index (κ3) is 7.55. The molecule has 1 N–H and O–H groups in total. The Hall–Kier alpha value is -0.980. The lowest BCUT2D eigenvalue weighted by molar-refractivity contribution is -0.149. The van der Waals surface area contributed by atoms with Crippen LogP contribution in [0.1, 0.15) is 40.5 Å². The second-order valence-corrected chi connectivity index (χ2v) is 6.69. The highest BCUT2D eigenvalue weighted by atomic mass is 19.4. The Morgan fingerprint density at radius 1 is 1.38 bits per heavy atom. The molecule has 0 radical (unpaired) electrons. The Balaban J connectivity index is 2.46. The first kappa shape index (κ1) is 18.1. The van der Waals surface area contributed by atoms with E-state index in [9.17, 15) is 18.0 Å². The van der Waals surface area contributed by atoms with Crippen molar-refractivity contribution in [1.29, 1.82) is 0 Å². The van der Waals surface area contributed by atoms with Gasteiger partial charge < -0.3 is 10.1 Å². The van der Waals surface area contributed by atoms with Crippen LogP contribution in [0, 0.1) is 5.92 Å². The highest BCUT2D eigenvalue weighted by Gasteiger charge is 2.34. The maximum Gasteiger partial charge on any atom is 0.407 e. The molecule has 1 fully saturated rings. The number of piperidine rings is 1. The Labute approximate surface area is 124 Å². The van der Waals surface area contributed by atoms with E-state index in [1.54, 1.807) is 20.8 Å². The second-order valence-electron chi connectivity index (χ2n) is 6.69. The van der Waals surface area contributed by atoms with Gasteiger partial charge in [-0.15, -0.1) is 0 Å². The average Bonchev–Trinajstić information content (AvgIpc) is 2.23. The lowest BCUT2D eigenvalue weighted by Crippen LogP contribution is -2.49. The molecule has 0 aromatic rings. The molecule has 0 aliphatic carbocycles. The second kappa shape index (κ2) is 6.85. The molecule has 1 amide bonds. The molecule has 1 rings (SSSR count). The first-order chi connectivity index (χ1) is 9.46. The molecule has 1 aliphatic heterocycles. The minimum absolute atomic E-state index is 0.00798. The SMILES string of the molecule is C[C@H](NC(=O)OC(C)(C)C)[C@@H]1CCCN(CC(F)(F)F)C1. The zero-order chi connectivity index (χ0) is 16.3. The number of ether oxygens (including phenoxy) is 1. The summed E-state index contributed by atoms with van der Waals surface area (Å²) < 4.78 is 42.5. The number of nitrogens with zero attached hydrogens (tertiary/aromatic N) is 1. The molecule has 2 atom stereocenters. The van der Waals surface area contributed by atoms with Gasteiger partial charge in [-0.2, -0.15) is 13.2 Å². The van der Waals surface area contributed by atoms with Crippen LogP contribution in [-0.4, -0.2) is 48.4 Å². The fraction of sp³-hybridized carbons (Fsp3) is 0.929. The van der Waals surface area contributed by atoms with E-state index in [0.717, 1.165) is 6.42 Å². The summed E-state index contributed by atoms with van der Waals surface area (Å²) in [6.45, 7) is 7.02. The van der Waals surface area contributed by atoms with Crippen molar-refractivity contribution in [2.24, 2.45) is 5.92 Å². The number of hydrogen-bond donors (Lipinski definition) is 1. The number of likely N-dealkylation sites (tertiary alicyclic amines) is 1. The van der Waals surface area contributed by atoms with Gasteiger partial charge in [0.2, 0.25) is 0 Å². The van der Waals surface area contributed by atoms with Crippen molar-refractivity contribution in [3.63, 3.8) is 0 Å². The van der Waals surface area contributed by atoms with Crippen molar-refractivity contribution in [1.82, 2.24) is 10.2 Å². The van der Waals surface area contributed by atoms with Gasteiger partial charge in [0.05, 0.1) is 6.54 Å². The molecule has 0 aromatic heterocycles. The number of carbonyl (C=O) groups is 1. The predicted molar refractivity (Wildman–Crippen MR) is 74.1 cm³/mol. The molecule has 1 saturated heterocycles. The molecule has 21 heavy (non-hydrogen) atoms. The van der Waals surface area contributed by atoms with E-state index in [4.69, 9.17) is 4.74 Å². The van der Waals surface area contributed by atoms with E-state index in [-0.39, 0.29) is 12.0 Å². The van der Waals surface area contributed by atoms with Gasteiger partial charge in [-0.25, -0.2) is 4.79 Å². The van der Waals surface area contributed by atoms with E-state index in [1.807, 2.05) is 6.92 Å². The van der Waals surface area contributed by atoms with Gasteiger partial charge in [0.15, 0.2) is 0 Å². The number of nitrogens with one attached hydrogen (secondary N) is 1. The third-order valence-corrected chi connectivity index (χ3v) is 3.40. The monoisotopic (exact) mass is 310 g/mol. The first-order valence-corrected chi connectivity index (χ1v) is 7.25. The van der Waals surface area contributed by atoms with E-state index in [1.165, 1.54) is 4.90 Å². The fourth-order valence-electron chi connectivity index (χ4n) is 2.51. The van der Waals surface area contributed by atoms with Gasteiger partial charge in [-0.1, -0.05) is 0 Å². The van der Waals surface area contributed by atoms with E-state index in [2.05, 4.69) is 5.32 Å². The van der Waals surface area contributed by atoms with Gasteiger partial charge in [0.1, 0.15) is 5.60 Å². The molecule has 1 aliphatic rings. The molecule has 124 valence electrons. The molecule has 7 heteroatoms. The van der Waals surface area contributed by atoms with Crippen LogP contribution in [0.4, 0.5) is 18.0 Å². The Bertz CT molecular complexity index is 353. The molecule has 0 spiro atoms. The standard InChI is InChI=1S/C14H25F3N2O2/c1-10(18-12(20)21-13(2,3)4)11-6-5-7-19(8-11)9-14(15,16)17/h10-11H,5-9H2,1-4H3,(H,18,20)/t10-,11+/m0/s1. The molecule has 1 heterocycles. The quantitative estimate of drug-likeness (QED) is 0.870. The molecule has 0 saturated carbocycles. The molecule has 0 bridgehead atoms. The minimum Gasteiger partial charge on any atom is -0.444 e. The summed E-state index contributed by atoms with van der Waals surface area (Å²) in [6, 6.07) is -0.212. The highest BCUT2D eigenvalue weighted by Crippen LogP contribution is 2.24. The minimum atomic E-state index is -4.18. The van der Waals surface area contributed by atoms with Crippen LogP contribution in [0.15, 0.2) is 0 Å². The van der Waals surface area contributed by atoms with Crippen LogP contribution in [0.3, 0.4) is 0 Å². The Morgan fingerprint density at radius 2 is 2.00 bits per heavy atom. The summed E-state index contributed by atoms with van der Waals surface area (Å²) in [4.78, 5) is 13.1. The summed E-state index contributed by atoms with van der Waals surface area (Å²) in [5.41, 5.74) is -0.585. The van der Waals surface area contributed by atoms with E-state index in [0.29, 0.717) is 19.5 Å². The topological polar surface area (TPSA) is 41.6 Å². The number of amides is 1. The zero-order valence-corrected chi connectivity index (χ0v) is 13.1. The molecular formula is C14H25F3N2O2. The van der Waals surface area contributed by atoms with Crippen LogP contribution in [0.25, 0.3) is 0 Å². The maximum absolute atomic E-state index is 12.4. The molecular weight excluding hydrogens is 285 g/mol. The summed E-state index contributed by atoms with van der Waals surface area (Å²) in [5, 5.41) is 2.72. The van der Waals surface area contributed by atoms with Crippen LogP contribution >= 0.6 is 0 Å². The summed E-state index contributed by atoms with van der Waals surface area (Å²) >= 11 is 0. The summed E-state index contributed by atoms with van der Waals surface area (Å²) in [7, 11) is 0. The van der Waals surface area contributed by atoms with Gasteiger partial charge in [-0.05, 0) is 53.0 Å². The third-order valence-electron chi connectivity index (χ3n) is 3.40. The van der Waals surface area contributed by atoms with Crippen molar-refractivity contribution in [2.75, 3.05) is 19.6 Å². The number of carbonyl (C=O) groups excluding carboxylic acids is 1. The highest BCUT2D eigenvalue weighted by molar-refractivity contribution is 5.68.